The van der Waals surface area contributed by atoms with Crippen LogP contribution < -0.4 is 16.3 Å². The van der Waals surface area contributed by atoms with E-state index in [2.05, 4.69) is 15.6 Å². The van der Waals surface area contributed by atoms with Crippen molar-refractivity contribution in [3.63, 3.8) is 0 Å². The van der Waals surface area contributed by atoms with Gasteiger partial charge in [-0.2, -0.15) is 4.98 Å². The number of nitrogens with one attached hydrogen (secondary N) is 2. The number of carbonyl (C=O) groups excluding carboxylic acids is 1. The summed E-state index contributed by atoms with van der Waals surface area (Å²) in [6, 6.07) is 12.1. The number of rotatable bonds is 5. The summed E-state index contributed by atoms with van der Waals surface area (Å²) in [5, 5.41) is 6.06. The first-order chi connectivity index (χ1) is 12.6. The fourth-order valence-corrected chi connectivity index (χ4v) is 2.64. The number of amides is 2. The van der Waals surface area contributed by atoms with Crippen LogP contribution in [0, 0.1) is 5.82 Å². The summed E-state index contributed by atoms with van der Waals surface area (Å²) in [6.07, 6.45) is 1.69. The Balaban J connectivity index is 1.95. The molecule has 7 heteroatoms. The van der Waals surface area contributed by atoms with Crippen LogP contribution in [0.1, 0.15) is 19.8 Å². The van der Waals surface area contributed by atoms with Gasteiger partial charge in [-0.3, -0.25) is 9.88 Å². The van der Waals surface area contributed by atoms with Crippen molar-refractivity contribution in [3.05, 3.63) is 64.8 Å². The van der Waals surface area contributed by atoms with E-state index < -0.39 is 11.7 Å². The summed E-state index contributed by atoms with van der Waals surface area (Å²) >= 11 is 0. The number of unbranched alkanes of at least 4 members (excludes halogenated alkanes) is 1. The van der Waals surface area contributed by atoms with Gasteiger partial charge in [-0.15, -0.1) is 0 Å². The lowest BCUT2D eigenvalue weighted by molar-refractivity contribution is 0.262. The van der Waals surface area contributed by atoms with Crippen LogP contribution in [0.5, 0.6) is 0 Å². The van der Waals surface area contributed by atoms with E-state index in [0.29, 0.717) is 29.0 Å². The summed E-state index contributed by atoms with van der Waals surface area (Å²) in [5.41, 5.74) is 0.557. The van der Waals surface area contributed by atoms with Crippen LogP contribution in [0.3, 0.4) is 0 Å². The number of nitrogens with zero attached hydrogens (tertiary/aromatic N) is 2. The highest BCUT2D eigenvalue weighted by atomic mass is 19.1. The van der Waals surface area contributed by atoms with Crippen LogP contribution in [-0.2, 0) is 6.54 Å². The molecule has 2 amide bonds. The van der Waals surface area contributed by atoms with E-state index in [-0.39, 0.29) is 5.82 Å². The molecule has 1 heterocycles. The number of hydrogen-bond donors (Lipinski definition) is 2. The second-order valence-electron chi connectivity index (χ2n) is 5.85. The molecule has 134 valence electrons. The Morgan fingerprint density at radius 1 is 1.12 bits per heavy atom. The van der Waals surface area contributed by atoms with Crippen LogP contribution >= 0.6 is 0 Å². The first-order valence-electron chi connectivity index (χ1n) is 8.41. The van der Waals surface area contributed by atoms with Crippen molar-refractivity contribution in [1.29, 1.82) is 0 Å². The number of halogens is 1. The number of carbonyl (C=O) groups is 1. The third-order valence-corrected chi connectivity index (χ3v) is 3.95. The van der Waals surface area contributed by atoms with Gasteiger partial charge in [0.1, 0.15) is 11.6 Å². The second-order valence-corrected chi connectivity index (χ2v) is 5.85. The molecule has 0 fully saturated rings. The largest absolute Gasteiger partial charge is 0.349 e. The minimum absolute atomic E-state index is 0.385. The quantitative estimate of drug-likeness (QED) is 0.728. The lowest BCUT2D eigenvalue weighted by Gasteiger charge is -2.16. The maximum absolute atomic E-state index is 13.0. The highest BCUT2D eigenvalue weighted by Crippen LogP contribution is 2.21. The zero-order valence-electron chi connectivity index (χ0n) is 14.3. The third kappa shape index (κ3) is 3.88. The Labute approximate surface area is 149 Å². The fourth-order valence-electron chi connectivity index (χ4n) is 2.64. The van der Waals surface area contributed by atoms with Gasteiger partial charge in [0.2, 0.25) is 0 Å². The highest BCUT2D eigenvalue weighted by Gasteiger charge is 2.14. The highest BCUT2D eigenvalue weighted by molar-refractivity contribution is 6.04. The minimum atomic E-state index is -0.516. The fraction of sp³-hybridized carbons (Fsp3) is 0.211. The number of urea groups is 1. The standard InChI is InChI=1S/C19H19FN4O2/c1-2-3-12-24-17(15-6-4-5-7-16(15)22-19(24)26)23-18(25)21-14-10-8-13(20)9-11-14/h4-11H,2-3,12H2,1H3,(H2,21,23,25). The topological polar surface area (TPSA) is 76.0 Å². The van der Waals surface area contributed by atoms with E-state index in [1.807, 2.05) is 13.0 Å². The maximum Gasteiger partial charge on any atom is 0.349 e. The summed E-state index contributed by atoms with van der Waals surface area (Å²) in [5.74, 6) is 0.0122. The van der Waals surface area contributed by atoms with Gasteiger partial charge in [-0.25, -0.2) is 14.0 Å². The molecular weight excluding hydrogens is 335 g/mol. The Morgan fingerprint density at radius 3 is 2.58 bits per heavy atom. The van der Waals surface area contributed by atoms with Crippen molar-refractivity contribution in [1.82, 2.24) is 9.55 Å². The van der Waals surface area contributed by atoms with Crippen LogP contribution in [0.15, 0.2) is 53.3 Å². The Bertz CT molecular complexity index is 983. The predicted octanol–water partition coefficient (Wildman–Crippen LogP) is 3.98. The molecule has 0 bridgehead atoms. The smallest absolute Gasteiger partial charge is 0.308 e. The zero-order chi connectivity index (χ0) is 18.5. The molecule has 0 atom stereocenters. The molecule has 0 saturated heterocycles. The molecular formula is C19H19FN4O2. The first-order valence-corrected chi connectivity index (χ1v) is 8.41. The van der Waals surface area contributed by atoms with Gasteiger partial charge in [0.25, 0.3) is 0 Å². The van der Waals surface area contributed by atoms with Crippen LogP contribution in [0.4, 0.5) is 20.7 Å². The van der Waals surface area contributed by atoms with Gasteiger partial charge in [-0.05, 0) is 42.8 Å². The van der Waals surface area contributed by atoms with E-state index in [1.165, 1.54) is 28.8 Å². The van der Waals surface area contributed by atoms with E-state index in [0.717, 1.165) is 12.8 Å². The maximum atomic E-state index is 13.0. The number of anilines is 2. The van der Waals surface area contributed by atoms with Crippen molar-refractivity contribution in [2.24, 2.45) is 0 Å². The van der Waals surface area contributed by atoms with Crippen molar-refractivity contribution < 1.29 is 9.18 Å². The average Bonchev–Trinajstić information content (AvgIpc) is 2.63. The summed E-state index contributed by atoms with van der Waals surface area (Å²) < 4.78 is 14.5. The molecule has 0 spiro atoms. The molecule has 2 aromatic carbocycles. The Hall–Kier alpha value is -3.22. The van der Waals surface area contributed by atoms with Crippen LogP contribution in [-0.4, -0.2) is 15.6 Å². The Morgan fingerprint density at radius 2 is 1.85 bits per heavy atom. The SMILES string of the molecule is CCCCn1c(NC(=O)Nc2ccc(F)cc2)c2ccccc2nc1=O. The van der Waals surface area contributed by atoms with E-state index in [4.69, 9.17) is 0 Å². The monoisotopic (exact) mass is 354 g/mol. The van der Waals surface area contributed by atoms with Crippen LogP contribution in [0.2, 0.25) is 0 Å². The first kappa shape index (κ1) is 17.6. The van der Waals surface area contributed by atoms with Gasteiger partial charge < -0.3 is 5.32 Å². The summed E-state index contributed by atoms with van der Waals surface area (Å²) in [6.45, 7) is 2.48. The molecule has 26 heavy (non-hydrogen) atoms. The minimum Gasteiger partial charge on any atom is -0.308 e. The molecule has 0 aliphatic carbocycles. The summed E-state index contributed by atoms with van der Waals surface area (Å²) in [7, 11) is 0. The lowest BCUT2D eigenvalue weighted by atomic mass is 10.2. The number of para-hydroxylation sites is 1. The lowest BCUT2D eigenvalue weighted by Crippen LogP contribution is -2.29. The molecule has 0 aliphatic heterocycles. The predicted molar refractivity (Wildman–Crippen MR) is 100.0 cm³/mol. The van der Waals surface area contributed by atoms with Crippen molar-refractivity contribution in [2.75, 3.05) is 10.6 Å². The average molecular weight is 354 g/mol. The van der Waals surface area contributed by atoms with E-state index in [1.54, 1.807) is 18.2 Å². The summed E-state index contributed by atoms with van der Waals surface area (Å²) in [4.78, 5) is 28.9. The molecule has 3 aromatic rings. The van der Waals surface area contributed by atoms with Gasteiger partial charge in [0.15, 0.2) is 0 Å². The Kier molecular flexibility index (Phi) is 5.26. The normalized spacial score (nSPS) is 10.7. The number of benzene rings is 2. The zero-order valence-corrected chi connectivity index (χ0v) is 14.3. The van der Waals surface area contributed by atoms with Crippen molar-refractivity contribution in [2.45, 2.75) is 26.3 Å². The van der Waals surface area contributed by atoms with Gasteiger partial charge >= 0.3 is 11.7 Å². The van der Waals surface area contributed by atoms with Gasteiger partial charge in [0.05, 0.1) is 5.52 Å². The third-order valence-electron chi connectivity index (χ3n) is 3.95. The number of hydrogen-bond acceptors (Lipinski definition) is 3. The molecule has 0 aliphatic rings. The molecule has 6 nitrogen and oxygen atoms in total. The van der Waals surface area contributed by atoms with E-state index >= 15 is 0 Å². The van der Waals surface area contributed by atoms with Gasteiger partial charge in [0, 0.05) is 17.6 Å². The molecule has 1 aromatic heterocycles. The van der Waals surface area contributed by atoms with Gasteiger partial charge in [-0.1, -0.05) is 25.5 Å². The van der Waals surface area contributed by atoms with Crippen molar-refractivity contribution in [3.8, 4) is 0 Å². The molecule has 0 unspecified atom stereocenters. The van der Waals surface area contributed by atoms with Crippen molar-refractivity contribution >= 4 is 28.4 Å². The molecule has 2 N–H and O–H groups in total. The molecule has 3 rings (SSSR count). The van der Waals surface area contributed by atoms with E-state index in [9.17, 15) is 14.0 Å². The second kappa shape index (κ2) is 7.77. The number of aromatic nitrogens is 2. The number of fused-ring (bicyclic) bond motifs is 1. The molecule has 0 radical (unpaired) electrons. The van der Waals surface area contributed by atoms with Crippen LogP contribution in [0.25, 0.3) is 10.9 Å². The molecule has 0 saturated carbocycles.